The molecule has 0 fully saturated rings. The number of aryl methyl sites for hydroxylation is 1. The summed E-state index contributed by atoms with van der Waals surface area (Å²) in [5, 5.41) is 17.9. The first-order valence-corrected chi connectivity index (χ1v) is 10.4. The fourth-order valence-electron chi connectivity index (χ4n) is 3.34. The van der Waals surface area contributed by atoms with Gasteiger partial charge in [0.05, 0.1) is 11.5 Å². The van der Waals surface area contributed by atoms with Crippen molar-refractivity contribution in [3.8, 4) is 5.75 Å². The number of carbonyl (C=O) groups excluding carboxylic acids is 1. The van der Waals surface area contributed by atoms with E-state index in [9.17, 15) is 19.3 Å². The molecular weight excluding hydrogens is 439 g/mol. The summed E-state index contributed by atoms with van der Waals surface area (Å²) in [5.74, 6) is 0.200. The van der Waals surface area contributed by atoms with Crippen molar-refractivity contribution in [2.24, 2.45) is 0 Å². The summed E-state index contributed by atoms with van der Waals surface area (Å²) in [5.41, 5.74) is 2.45. The van der Waals surface area contributed by atoms with Gasteiger partial charge in [0, 0.05) is 35.0 Å². The molecule has 1 heterocycles. The van der Waals surface area contributed by atoms with Crippen molar-refractivity contribution in [1.82, 2.24) is 9.78 Å². The molecule has 0 bridgehead atoms. The molecule has 172 valence electrons. The lowest BCUT2D eigenvalue weighted by Gasteiger charge is -2.08. The highest BCUT2D eigenvalue weighted by atomic mass is 19.1. The first-order valence-electron chi connectivity index (χ1n) is 10.4. The number of benzene rings is 3. The van der Waals surface area contributed by atoms with Crippen molar-refractivity contribution in [2.75, 3.05) is 5.32 Å². The Balaban J connectivity index is 1.39. The van der Waals surface area contributed by atoms with Crippen LogP contribution in [0.15, 0.2) is 78.9 Å². The van der Waals surface area contributed by atoms with E-state index in [1.54, 1.807) is 47.1 Å². The van der Waals surface area contributed by atoms with Crippen LogP contribution in [-0.2, 0) is 13.2 Å². The maximum absolute atomic E-state index is 14.0. The summed E-state index contributed by atoms with van der Waals surface area (Å²) in [6, 6.07) is 20.9. The molecule has 0 aliphatic heterocycles. The Morgan fingerprint density at radius 1 is 1.09 bits per heavy atom. The molecule has 1 aromatic heterocycles. The van der Waals surface area contributed by atoms with Crippen molar-refractivity contribution < 1.29 is 18.8 Å². The number of hydrogen-bond donors (Lipinski definition) is 1. The zero-order valence-electron chi connectivity index (χ0n) is 18.3. The predicted octanol–water partition coefficient (Wildman–Crippen LogP) is 5.12. The highest BCUT2D eigenvalue weighted by molar-refractivity contribution is 6.03. The van der Waals surface area contributed by atoms with Gasteiger partial charge in [-0.05, 0) is 42.8 Å². The lowest BCUT2D eigenvalue weighted by molar-refractivity contribution is -0.384. The fraction of sp³-hybridized carbons (Fsp3) is 0.120. The number of non-ortho nitro benzene ring substituents is 1. The number of ether oxygens (including phenoxy) is 1. The number of hydrogen-bond acceptors (Lipinski definition) is 5. The average molecular weight is 460 g/mol. The molecule has 3 aromatic carbocycles. The molecule has 0 atom stereocenters. The van der Waals surface area contributed by atoms with E-state index < -0.39 is 4.92 Å². The SMILES string of the molecule is Cc1cc(NC(=O)c2cccc(COc3ccc([N+](=O)[O-])cc3)c2)nn1Cc1ccccc1F. The van der Waals surface area contributed by atoms with E-state index in [4.69, 9.17) is 4.74 Å². The van der Waals surface area contributed by atoms with Gasteiger partial charge in [0.25, 0.3) is 11.6 Å². The number of aromatic nitrogens is 2. The van der Waals surface area contributed by atoms with Crippen LogP contribution in [0.4, 0.5) is 15.9 Å². The van der Waals surface area contributed by atoms with Gasteiger partial charge >= 0.3 is 0 Å². The van der Waals surface area contributed by atoms with Gasteiger partial charge in [-0.1, -0.05) is 30.3 Å². The van der Waals surface area contributed by atoms with Gasteiger partial charge in [0.2, 0.25) is 0 Å². The van der Waals surface area contributed by atoms with Crippen LogP contribution >= 0.6 is 0 Å². The molecule has 0 aliphatic carbocycles. The van der Waals surface area contributed by atoms with Crippen molar-refractivity contribution >= 4 is 17.4 Å². The summed E-state index contributed by atoms with van der Waals surface area (Å²) in [6.07, 6.45) is 0. The molecule has 0 unspecified atom stereocenters. The highest BCUT2D eigenvalue weighted by Gasteiger charge is 2.12. The van der Waals surface area contributed by atoms with E-state index in [0.29, 0.717) is 22.7 Å². The molecule has 0 radical (unpaired) electrons. The molecule has 0 saturated carbocycles. The van der Waals surface area contributed by atoms with Crippen molar-refractivity contribution in [3.63, 3.8) is 0 Å². The summed E-state index contributed by atoms with van der Waals surface area (Å²) in [4.78, 5) is 23.0. The minimum absolute atomic E-state index is 0.0161. The van der Waals surface area contributed by atoms with Crippen LogP contribution in [0.3, 0.4) is 0 Å². The first kappa shape index (κ1) is 22.7. The van der Waals surface area contributed by atoms with Crippen LogP contribution < -0.4 is 10.1 Å². The smallest absolute Gasteiger partial charge is 0.269 e. The van der Waals surface area contributed by atoms with Gasteiger partial charge in [-0.3, -0.25) is 19.6 Å². The number of nitrogens with one attached hydrogen (secondary N) is 1. The Morgan fingerprint density at radius 3 is 2.59 bits per heavy atom. The Hall–Kier alpha value is -4.53. The normalized spacial score (nSPS) is 10.6. The van der Waals surface area contributed by atoms with Crippen LogP contribution in [0.2, 0.25) is 0 Å². The van der Waals surface area contributed by atoms with Crippen LogP contribution in [0.5, 0.6) is 5.75 Å². The number of amides is 1. The van der Waals surface area contributed by atoms with E-state index >= 15 is 0 Å². The van der Waals surface area contributed by atoms with Crippen molar-refractivity contribution in [3.05, 3.63) is 117 Å². The number of nitro benzene ring substituents is 1. The largest absolute Gasteiger partial charge is 0.489 e. The number of anilines is 1. The Labute approximate surface area is 194 Å². The Kier molecular flexibility index (Phi) is 6.63. The summed E-state index contributed by atoms with van der Waals surface area (Å²) < 4.78 is 21.2. The molecular formula is C25H21FN4O4. The van der Waals surface area contributed by atoms with E-state index in [-0.39, 0.29) is 30.6 Å². The van der Waals surface area contributed by atoms with Crippen LogP contribution in [0, 0.1) is 22.9 Å². The molecule has 1 N–H and O–H groups in total. The summed E-state index contributed by atoms with van der Waals surface area (Å²) in [7, 11) is 0. The maximum atomic E-state index is 14.0. The third-order valence-electron chi connectivity index (χ3n) is 5.14. The third-order valence-corrected chi connectivity index (χ3v) is 5.14. The molecule has 1 amide bonds. The molecule has 0 saturated heterocycles. The minimum Gasteiger partial charge on any atom is -0.489 e. The van der Waals surface area contributed by atoms with Crippen LogP contribution in [-0.4, -0.2) is 20.6 Å². The minimum atomic E-state index is -0.476. The molecule has 4 aromatic rings. The number of carbonyl (C=O) groups is 1. The number of halogens is 1. The van der Waals surface area contributed by atoms with Gasteiger partial charge in [0.15, 0.2) is 5.82 Å². The van der Waals surface area contributed by atoms with Gasteiger partial charge < -0.3 is 10.1 Å². The van der Waals surface area contributed by atoms with E-state index in [2.05, 4.69) is 10.4 Å². The van der Waals surface area contributed by atoms with Crippen LogP contribution in [0.25, 0.3) is 0 Å². The molecule has 4 rings (SSSR count). The van der Waals surface area contributed by atoms with Gasteiger partial charge in [-0.15, -0.1) is 0 Å². The number of nitro groups is 1. The summed E-state index contributed by atoms with van der Waals surface area (Å²) >= 11 is 0. The fourth-order valence-corrected chi connectivity index (χ4v) is 3.34. The lowest BCUT2D eigenvalue weighted by Crippen LogP contribution is -2.13. The maximum Gasteiger partial charge on any atom is 0.269 e. The van der Waals surface area contributed by atoms with Gasteiger partial charge in [-0.25, -0.2) is 4.39 Å². The standard InChI is InChI=1S/C25H21FN4O4/c1-17-13-24(28-29(17)15-20-6-2-3-8-23(20)26)27-25(31)19-7-4-5-18(14-19)16-34-22-11-9-21(10-12-22)30(32)33/h2-14H,15-16H2,1H3,(H,27,28,31). The Bertz CT molecular complexity index is 1340. The van der Waals surface area contributed by atoms with Crippen molar-refractivity contribution in [2.45, 2.75) is 20.1 Å². The zero-order valence-corrected chi connectivity index (χ0v) is 18.3. The van der Waals surface area contributed by atoms with E-state index in [1.807, 2.05) is 13.0 Å². The van der Waals surface area contributed by atoms with Crippen molar-refractivity contribution in [1.29, 1.82) is 0 Å². The second-order valence-corrected chi connectivity index (χ2v) is 7.61. The van der Waals surface area contributed by atoms with Crippen LogP contribution in [0.1, 0.15) is 27.2 Å². The first-order chi connectivity index (χ1) is 16.4. The molecule has 0 spiro atoms. The number of rotatable bonds is 8. The highest BCUT2D eigenvalue weighted by Crippen LogP contribution is 2.19. The van der Waals surface area contributed by atoms with E-state index in [0.717, 1.165) is 11.3 Å². The predicted molar refractivity (Wildman–Crippen MR) is 124 cm³/mol. The van der Waals surface area contributed by atoms with Gasteiger partial charge in [0.1, 0.15) is 18.2 Å². The molecule has 34 heavy (non-hydrogen) atoms. The molecule has 8 nitrogen and oxygen atoms in total. The zero-order chi connectivity index (χ0) is 24.1. The second-order valence-electron chi connectivity index (χ2n) is 7.61. The lowest BCUT2D eigenvalue weighted by atomic mass is 10.1. The van der Waals surface area contributed by atoms with Gasteiger partial charge in [-0.2, -0.15) is 5.10 Å². The molecule has 9 heteroatoms. The molecule has 0 aliphatic rings. The third kappa shape index (κ3) is 5.44. The Morgan fingerprint density at radius 2 is 1.85 bits per heavy atom. The topological polar surface area (TPSA) is 99.3 Å². The number of nitrogens with zero attached hydrogens (tertiary/aromatic N) is 3. The van der Waals surface area contributed by atoms with E-state index in [1.165, 1.54) is 30.3 Å². The monoisotopic (exact) mass is 460 g/mol. The quantitative estimate of drug-likeness (QED) is 0.291. The summed E-state index contributed by atoms with van der Waals surface area (Å²) in [6.45, 7) is 2.28. The average Bonchev–Trinajstić information content (AvgIpc) is 3.18. The second kappa shape index (κ2) is 9.95.